The number of carbonyl (C=O) groups excluding carboxylic acids is 3. The summed E-state index contributed by atoms with van der Waals surface area (Å²) in [6, 6.07) is 2.82. The molecule has 0 radical (unpaired) electrons. The molecular formula is C21H41N2O8RfSi2-. The number of hydrogen-bond donors (Lipinski definition) is 2. The fourth-order valence-electron chi connectivity index (χ4n) is 3.28. The Balaban J connectivity index is 0. The average Bonchev–Trinajstić information content (AvgIpc) is 2.79. The smallest absolute Gasteiger partial charge is 0.407 e. The third-order valence-electron chi connectivity index (χ3n) is 4.92. The van der Waals surface area contributed by atoms with Crippen LogP contribution in [0.5, 0.6) is 0 Å². The number of hydrogen-bond acceptors (Lipinski definition) is 8. The van der Waals surface area contributed by atoms with Crippen molar-refractivity contribution >= 4 is 35.4 Å². The molecule has 13 heteroatoms. The van der Waals surface area contributed by atoms with Gasteiger partial charge in [-0.05, 0) is 50.6 Å². The summed E-state index contributed by atoms with van der Waals surface area (Å²) >= 11 is 0. The van der Waals surface area contributed by atoms with Gasteiger partial charge in [0.25, 0.3) is 0 Å². The summed E-state index contributed by atoms with van der Waals surface area (Å²) in [7, 11) is -2.57. The van der Waals surface area contributed by atoms with E-state index in [1.165, 1.54) is 0 Å². The van der Waals surface area contributed by atoms with Crippen molar-refractivity contribution in [3.63, 3.8) is 0 Å². The van der Waals surface area contributed by atoms with Crippen LogP contribution in [-0.4, -0.2) is 82.0 Å². The molecule has 0 aromatic carbocycles. The number of rotatable bonds is 21. The van der Waals surface area contributed by atoms with Crippen molar-refractivity contribution < 1.29 is 37.1 Å². The van der Waals surface area contributed by atoms with E-state index in [1.807, 2.05) is 0 Å². The standard InChI is InChI=1S/C21H41N2O8Si2.Rf/c1-6-16-32(4,17-8-10-22-19-24)31-33(5,27-3)18-9-12-28-14-15-30-21(26)23-11-13-29-20(25)7-2;/h7H,2,6,8-18H2,1,3-5H3,(H,22,24)(H,23,26);/q-1;. The van der Waals surface area contributed by atoms with E-state index in [1.54, 1.807) is 13.5 Å². The van der Waals surface area contributed by atoms with Crippen LogP contribution < -0.4 is 10.6 Å². The zero-order chi connectivity index (χ0) is 25.0. The van der Waals surface area contributed by atoms with Crippen LogP contribution in [0, 0.1) is 0 Å². The Morgan fingerprint density at radius 3 is 2.35 bits per heavy atom. The van der Waals surface area contributed by atoms with Gasteiger partial charge in [0.05, 0.1) is 13.2 Å². The summed E-state index contributed by atoms with van der Waals surface area (Å²) in [5.41, 5.74) is 0. The molecule has 0 aliphatic heterocycles. The molecule has 2 amide bonds. The van der Waals surface area contributed by atoms with Crippen LogP contribution in [0.3, 0.4) is 0 Å². The Bertz CT molecular complexity index is 591. The van der Waals surface area contributed by atoms with E-state index >= 15 is 0 Å². The van der Waals surface area contributed by atoms with Gasteiger partial charge in [-0.2, -0.15) is 6.41 Å². The van der Waals surface area contributed by atoms with E-state index in [2.05, 4.69) is 37.2 Å². The molecule has 0 aliphatic carbocycles. The van der Waals surface area contributed by atoms with Crippen molar-refractivity contribution in [1.82, 2.24) is 10.6 Å². The van der Waals surface area contributed by atoms with Gasteiger partial charge in [0, 0.05) is 19.8 Å². The quantitative estimate of drug-likeness (QED) is 0.0457. The number of amides is 2. The molecule has 0 saturated heterocycles. The maximum absolute atomic E-state index is 11.5. The minimum absolute atomic E-state index is 0. The zero-order valence-corrected chi connectivity index (χ0v) is 29.6. The first-order valence-corrected chi connectivity index (χ1v) is 16.7. The van der Waals surface area contributed by atoms with Crippen LogP contribution in [0.15, 0.2) is 12.7 Å². The topological polar surface area (TPSA) is 121 Å². The molecule has 0 aromatic rings. The summed E-state index contributed by atoms with van der Waals surface area (Å²) in [6.07, 6.45) is 4.89. The Hall–Kier alpha value is -2.74. The molecule has 34 heavy (non-hydrogen) atoms. The third-order valence-corrected chi connectivity index (χ3v) is 13.7. The first-order chi connectivity index (χ1) is 15.7. The van der Waals surface area contributed by atoms with Gasteiger partial charge < -0.3 is 38.2 Å². The van der Waals surface area contributed by atoms with Gasteiger partial charge in [0.1, 0.15) is 13.2 Å². The molecule has 0 aromatic heterocycles. The van der Waals surface area contributed by atoms with Crippen LogP contribution in [0.2, 0.25) is 31.2 Å². The second-order valence-electron chi connectivity index (χ2n) is 7.92. The Labute approximate surface area is 200 Å². The van der Waals surface area contributed by atoms with Gasteiger partial charge in [-0.1, -0.05) is 19.9 Å². The second-order valence-corrected chi connectivity index (χ2v) is 15.8. The van der Waals surface area contributed by atoms with Gasteiger partial charge in [-0.15, -0.1) is 0 Å². The van der Waals surface area contributed by atoms with E-state index in [4.69, 9.17) is 22.8 Å². The van der Waals surface area contributed by atoms with Crippen LogP contribution in [0.25, 0.3) is 0 Å². The normalized spacial score (nSPS) is 14.0. The van der Waals surface area contributed by atoms with Crippen molar-refractivity contribution in [3.05, 3.63) is 12.7 Å². The fourth-order valence-corrected chi connectivity index (χ4v) is 12.2. The van der Waals surface area contributed by atoms with Crippen molar-refractivity contribution in [1.29, 1.82) is 0 Å². The van der Waals surface area contributed by atoms with Gasteiger partial charge in [-0.25, -0.2) is 9.59 Å². The molecule has 2 atom stereocenters. The van der Waals surface area contributed by atoms with Crippen LogP contribution in [0.4, 0.5) is 4.79 Å². The maximum atomic E-state index is 11.5. The van der Waals surface area contributed by atoms with Crippen LogP contribution in [-0.2, 0) is 32.3 Å². The fraction of sp³-hybridized carbons (Fsp3) is 0.762. The number of nitrogens with one attached hydrogen (secondary N) is 2. The second kappa shape index (κ2) is 19.7. The average molecular weight is 773 g/mol. The largest absolute Gasteiger partial charge is 0.530 e. The first-order valence-electron chi connectivity index (χ1n) is 11.4. The molecule has 0 saturated carbocycles. The SMILES string of the molecule is C=CC(=O)OCCNC(=O)OCCOCCC[Si](C)(OC)O[Si](C)(CCC)CCCN[C-]=O.[Rf]. The minimum atomic E-state index is -2.33. The number of esters is 1. The van der Waals surface area contributed by atoms with E-state index in [-0.39, 0.29) is 26.4 Å². The molecule has 2 unspecified atom stereocenters. The van der Waals surface area contributed by atoms with E-state index < -0.39 is 28.9 Å². The van der Waals surface area contributed by atoms with Crippen molar-refractivity contribution in [2.45, 2.75) is 57.4 Å². The summed E-state index contributed by atoms with van der Waals surface area (Å²) in [5, 5.41) is 5.06. The molecule has 0 bridgehead atoms. The molecule has 0 spiro atoms. The van der Waals surface area contributed by atoms with Gasteiger partial charge in [0.15, 0.2) is 8.32 Å². The van der Waals surface area contributed by atoms with Crippen molar-refractivity contribution in [3.8, 4) is 0 Å². The molecule has 0 fully saturated rings. The number of ether oxygens (including phenoxy) is 3. The van der Waals surface area contributed by atoms with Crippen LogP contribution >= 0.6 is 0 Å². The van der Waals surface area contributed by atoms with Gasteiger partial charge >= 0.3 is 20.6 Å². The number of carbonyl (C=O) groups is 2. The van der Waals surface area contributed by atoms with E-state index in [0.717, 1.165) is 43.5 Å². The first kappa shape index (κ1) is 33.4. The molecule has 10 nitrogen and oxygen atoms in total. The molecule has 194 valence electrons. The van der Waals surface area contributed by atoms with E-state index in [9.17, 15) is 14.4 Å². The molecular weight excluding hydrogens is 731 g/mol. The monoisotopic (exact) mass is 772 g/mol. The molecule has 0 rings (SSSR count). The minimum Gasteiger partial charge on any atom is -0.530 e. The summed E-state index contributed by atoms with van der Waals surface area (Å²) in [6.45, 7) is 11.5. The molecule has 0 aliphatic rings. The summed E-state index contributed by atoms with van der Waals surface area (Å²) in [5.74, 6) is -0.542. The van der Waals surface area contributed by atoms with Crippen molar-refractivity contribution in [2.24, 2.45) is 0 Å². The van der Waals surface area contributed by atoms with E-state index in [0.29, 0.717) is 13.2 Å². The summed E-state index contributed by atoms with van der Waals surface area (Å²) in [4.78, 5) is 32.7. The van der Waals surface area contributed by atoms with Crippen LogP contribution in [0.1, 0.15) is 26.2 Å². The maximum Gasteiger partial charge on any atom is 0.407 e. The summed E-state index contributed by atoms with van der Waals surface area (Å²) < 4.78 is 27.8. The van der Waals surface area contributed by atoms with Gasteiger partial charge in [-0.3, -0.25) is 0 Å². The molecule has 2 N–H and O–H groups in total. The number of alkyl carbamates (subject to hydrolysis) is 1. The van der Waals surface area contributed by atoms with Crippen molar-refractivity contribution in [2.75, 3.05) is 46.6 Å². The Morgan fingerprint density at radius 2 is 1.74 bits per heavy atom. The predicted octanol–water partition coefficient (Wildman–Crippen LogP) is 2.62. The predicted molar refractivity (Wildman–Crippen MR) is 130 cm³/mol. The van der Waals surface area contributed by atoms with Gasteiger partial charge in [0.2, 0.25) is 0 Å². The zero-order valence-electron chi connectivity index (χ0n) is 21.2. The Morgan fingerprint density at radius 1 is 1.00 bits per heavy atom. The molecule has 0 heterocycles. The Kier molecular flexibility index (Phi) is 19.4. The third kappa shape index (κ3) is 16.8.